The summed E-state index contributed by atoms with van der Waals surface area (Å²) in [6.45, 7) is 7.10. The van der Waals surface area contributed by atoms with Crippen molar-refractivity contribution in [1.82, 2.24) is 9.97 Å². The molecule has 41 heavy (non-hydrogen) atoms. The lowest BCUT2D eigenvalue weighted by Crippen LogP contribution is -2.40. The molecule has 1 unspecified atom stereocenters. The Labute approximate surface area is 238 Å². The number of nitrogens with zero attached hydrogens (tertiary/aromatic N) is 4. The van der Waals surface area contributed by atoms with Crippen LogP contribution in [0.4, 0.5) is 27.8 Å². The van der Waals surface area contributed by atoms with Crippen molar-refractivity contribution in [3.8, 4) is 23.1 Å². The number of methoxy groups -OCH3 is 1. The van der Waals surface area contributed by atoms with Crippen LogP contribution in [-0.4, -0.2) is 52.9 Å². The van der Waals surface area contributed by atoms with Crippen LogP contribution in [0.5, 0.6) is 5.75 Å². The number of carbonyl (C=O) groups is 2. The largest absolute Gasteiger partial charge is 0.495 e. The van der Waals surface area contributed by atoms with E-state index in [0.29, 0.717) is 52.5 Å². The van der Waals surface area contributed by atoms with E-state index in [1.807, 2.05) is 19.1 Å². The fraction of sp³-hybridized carbons (Fsp3) is 0.367. The van der Waals surface area contributed by atoms with E-state index in [-0.39, 0.29) is 30.6 Å². The summed E-state index contributed by atoms with van der Waals surface area (Å²) in [5.74, 6) is 0.818. The molecule has 3 aromatic rings. The molecule has 1 atom stereocenters. The highest BCUT2D eigenvalue weighted by atomic mass is 16.6. The molecule has 2 aliphatic heterocycles. The molecule has 2 amide bonds. The standard InChI is InChI=1S/C30H32N6O5/c1-29(2,3)41-28(39)36-15-30(4,16-37)20-11-18(10-19(14-31)26(20)36)21-8-9-32-27(34-21)35-23-13-22-17(12-24(23)40-5)6-7-25(38)33-22/h8-13,37H,6-7,15-16H2,1-5H3,(H,33,38)(H,32,34,35). The van der Waals surface area contributed by atoms with Crippen molar-refractivity contribution in [1.29, 1.82) is 5.26 Å². The highest BCUT2D eigenvalue weighted by molar-refractivity contribution is 5.96. The molecule has 212 valence electrons. The van der Waals surface area contributed by atoms with Crippen LogP contribution < -0.4 is 20.3 Å². The number of aliphatic hydroxyl groups excluding tert-OH is 1. The summed E-state index contributed by atoms with van der Waals surface area (Å²) < 4.78 is 11.2. The molecule has 11 nitrogen and oxygen atoms in total. The van der Waals surface area contributed by atoms with Crippen LogP contribution in [0.15, 0.2) is 36.5 Å². The number of carbonyl (C=O) groups excluding carboxylic acids is 2. The minimum Gasteiger partial charge on any atom is -0.495 e. The van der Waals surface area contributed by atoms with E-state index in [1.165, 1.54) is 4.90 Å². The third-order valence-corrected chi connectivity index (χ3v) is 7.14. The van der Waals surface area contributed by atoms with Gasteiger partial charge in [-0.05, 0) is 68.7 Å². The monoisotopic (exact) mass is 556 g/mol. The second-order valence-electron chi connectivity index (χ2n) is 11.5. The van der Waals surface area contributed by atoms with Gasteiger partial charge in [0.2, 0.25) is 11.9 Å². The molecular formula is C30H32N6O5. The Balaban J connectivity index is 1.52. The maximum Gasteiger partial charge on any atom is 0.414 e. The predicted octanol–water partition coefficient (Wildman–Crippen LogP) is 4.66. The number of fused-ring (bicyclic) bond motifs is 2. The van der Waals surface area contributed by atoms with E-state index in [1.54, 1.807) is 52.3 Å². The Hall–Kier alpha value is -4.69. The maximum atomic E-state index is 13.1. The van der Waals surface area contributed by atoms with Gasteiger partial charge in [-0.15, -0.1) is 0 Å². The van der Waals surface area contributed by atoms with Crippen molar-refractivity contribution in [2.45, 2.75) is 51.6 Å². The van der Waals surface area contributed by atoms with Gasteiger partial charge in [-0.3, -0.25) is 9.69 Å². The van der Waals surface area contributed by atoms with E-state index in [4.69, 9.17) is 9.47 Å². The molecule has 5 rings (SSSR count). The van der Waals surface area contributed by atoms with Crippen LogP contribution in [0, 0.1) is 11.3 Å². The molecule has 2 aromatic carbocycles. The number of rotatable bonds is 5. The summed E-state index contributed by atoms with van der Waals surface area (Å²) >= 11 is 0. The van der Waals surface area contributed by atoms with Gasteiger partial charge in [0.05, 0.1) is 36.3 Å². The molecule has 3 heterocycles. The second-order valence-corrected chi connectivity index (χ2v) is 11.5. The van der Waals surface area contributed by atoms with Gasteiger partial charge < -0.3 is 25.2 Å². The molecular weight excluding hydrogens is 524 g/mol. The summed E-state index contributed by atoms with van der Waals surface area (Å²) in [6, 6.07) is 11.1. The second kappa shape index (κ2) is 10.4. The lowest BCUT2D eigenvalue weighted by atomic mass is 9.83. The number of ether oxygens (including phenoxy) is 2. The lowest BCUT2D eigenvalue weighted by molar-refractivity contribution is -0.116. The molecule has 0 spiro atoms. The van der Waals surface area contributed by atoms with Gasteiger partial charge in [-0.25, -0.2) is 14.8 Å². The Morgan fingerprint density at radius 2 is 2.05 bits per heavy atom. The summed E-state index contributed by atoms with van der Waals surface area (Å²) in [5, 5.41) is 26.5. The number of benzene rings is 2. The first-order valence-electron chi connectivity index (χ1n) is 13.3. The van der Waals surface area contributed by atoms with Crippen molar-refractivity contribution >= 4 is 35.0 Å². The predicted molar refractivity (Wildman–Crippen MR) is 153 cm³/mol. The first-order chi connectivity index (χ1) is 19.4. The molecule has 0 saturated carbocycles. The minimum absolute atomic E-state index is 0.0446. The number of aromatic nitrogens is 2. The van der Waals surface area contributed by atoms with Crippen LogP contribution >= 0.6 is 0 Å². The minimum atomic E-state index is -0.817. The Morgan fingerprint density at radius 3 is 2.73 bits per heavy atom. The molecule has 0 bridgehead atoms. The molecule has 0 saturated heterocycles. The van der Waals surface area contributed by atoms with Crippen molar-refractivity contribution in [3.05, 3.63) is 53.2 Å². The van der Waals surface area contributed by atoms with Crippen LogP contribution in [0.25, 0.3) is 11.3 Å². The molecule has 0 aliphatic carbocycles. The van der Waals surface area contributed by atoms with Gasteiger partial charge in [-0.1, -0.05) is 6.92 Å². The zero-order chi connectivity index (χ0) is 29.5. The van der Waals surface area contributed by atoms with Gasteiger partial charge >= 0.3 is 6.09 Å². The molecule has 0 radical (unpaired) electrons. The first-order valence-corrected chi connectivity index (χ1v) is 13.3. The lowest BCUT2D eigenvalue weighted by Gasteiger charge is -2.26. The van der Waals surface area contributed by atoms with E-state index in [9.17, 15) is 20.0 Å². The van der Waals surface area contributed by atoms with E-state index < -0.39 is 17.1 Å². The summed E-state index contributed by atoms with van der Waals surface area (Å²) in [5.41, 5.74) is 3.23. The van der Waals surface area contributed by atoms with Gasteiger partial charge in [-0.2, -0.15) is 5.26 Å². The van der Waals surface area contributed by atoms with E-state index >= 15 is 0 Å². The number of aliphatic hydroxyl groups is 1. The number of nitrogens with one attached hydrogen (secondary N) is 2. The van der Waals surface area contributed by atoms with Crippen molar-refractivity contribution < 1.29 is 24.2 Å². The van der Waals surface area contributed by atoms with Gasteiger partial charge in [0, 0.05) is 35.8 Å². The zero-order valence-corrected chi connectivity index (χ0v) is 23.7. The van der Waals surface area contributed by atoms with Crippen molar-refractivity contribution in [3.63, 3.8) is 0 Å². The van der Waals surface area contributed by atoms with Crippen molar-refractivity contribution in [2.24, 2.45) is 0 Å². The summed E-state index contributed by atoms with van der Waals surface area (Å²) in [7, 11) is 1.57. The summed E-state index contributed by atoms with van der Waals surface area (Å²) in [6.07, 6.45) is 2.06. The third kappa shape index (κ3) is 5.38. The van der Waals surface area contributed by atoms with E-state index in [0.717, 1.165) is 5.56 Å². The number of nitriles is 1. The van der Waals surface area contributed by atoms with E-state index in [2.05, 4.69) is 26.7 Å². The number of hydrogen-bond acceptors (Lipinski definition) is 9. The molecule has 1 aromatic heterocycles. The van der Waals surface area contributed by atoms with Gasteiger partial charge in [0.15, 0.2) is 0 Å². The quantitative estimate of drug-likeness (QED) is 0.408. The zero-order valence-electron chi connectivity index (χ0n) is 23.7. The van der Waals surface area contributed by atoms with Crippen LogP contribution in [0.1, 0.15) is 50.8 Å². The van der Waals surface area contributed by atoms with Crippen LogP contribution in [-0.2, 0) is 21.4 Å². The fourth-order valence-electron chi connectivity index (χ4n) is 5.11. The number of aryl methyl sites for hydroxylation is 1. The molecule has 3 N–H and O–H groups in total. The number of hydrogen-bond donors (Lipinski definition) is 3. The Kier molecular flexibility index (Phi) is 7.05. The first kappa shape index (κ1) is 27.9. The molecule has 11 heteroatoms. The highest BCUT2D eigenvalue weighted by Crippen LogP contribution is 2.45. The Morgan fingerprint density at radius 1 is 1.27 bits per heavy atom. The molecule has 0 fully saturated rings. The SMILES string of the molecule is COc1cc2c(cc1Nc1nccc(-c3cc(C#N)c4c(c3)C(C)(CO)CN4C(=O)OC(C)(C)C)n1)NC(=O)CC2. The fourth-order valence-corrected chi connectivity index (χ4v) is 5.11. The van der Waals surface area contributed by atoms with Gasteiger partial charge in [0.1, 0.15) is 17.4 Å². The Bertz CT molecular complexity index is 1590. The number of amides is 2. The normalized spacial score (nSPS) is 17.7. The summed E-state index contributed by atoms with van der Waals surface area (Å²) in [4.78, 5) is 35.4. The van der Waals surface area contributed by atoms with Crippen molar-refractivity contribution in [2.75, 3.05) is 35.8 Å². The van der Waals surface area contributed by atoms with Crippen LogP contribution in [0.3, 0.4) is 0 Å². The molecule has 2 aliphatic rings. The topological polar surface area (TPSA) is 150 Å². The smallest absolute Gasteiger partial charge is 0.414 e. The van der Waals surface area contributed by atoms with Crippen LogP contribution in [0.2, 0.25) is 0 Å². The average molecular weight is 557 g/mol. The maximum absolute atomic E-state index is 13.1. The average Bonchev–Trinajstić information content (AvgIpc) is 3.24. The highest BCUT2D eigenvalue weighted by Gasteiger charge is 2.44. The number of anilines is 4. The third-order valence-electron chi connectivity index (χ3n) is 7.14. The van der Waals surface area contributed by atoms with Gasteiger partial charge in [0.25, 0.3) is 0 Å².